The molecule has 0 saturated carbocycles. The minimum atomic E-state index is -0.907. The van der Waals surface area contributed by atoms with E-state index in [0.717, 1.165) is 6.07 Å². The van der Waals surface area contributed by atoms with Gasteiger partial charge in [-0.25, -0.2) is 8.78 Å². The van der Waals surface area contributed by atoms with Gasteiger partial charge in [0.05, 0.1) is 10.6 Å². The van der Waals surface area contributed by atoms with Gasteiger partial charge in [-0.2, -0.15) is 0 Å². The van der Waals surface area contributed by atoms with Crippen LogP contribution in [0.25, 0.3) is 0 Å². The minimum absolute atomic E-state index is 0.195. The summed E-state index contributed by atoms with van der Waals surface area (Å²) in [5.74, 6) is -1.70. The Kier molecular flexibility index (Phi) is 2.43. The molecule has 0 aliphatic rings. The molecule has 0 heterocycles. The molecule has 0 atom stereocenters. The molecule has 0 aromatic heterocycles. The van der Waals surface area contributed by atoms with Gasteiger partial charge >= 0.3 is 0 Å². The Labute approximate surface area is 73.0 Å². The molecule has 1 radical (unpaired) electrons. The van der Waals surface area contributed by atoms with Crippen molar-refractivity contribution in [3.8, 4) is 0 Å². The first kappa shape index (κ1) is 9.13. The normalized spacial score (nSPS) is 10.0. The van der Waals surface area contributed by atoms with Crippen molar-refractivity contribution in [3.63, 3.8) is 0 Å². The van der Waals surface area contributed by atoms with Crippen molar-refractivity contribution in [1.82, 2.24) is 0 Å². The first-order valence-corrected chi connectivity index (χ1v) is 3.48. The highest BCUT2D eigenvalue weighted by atomic mass is 35.5. The maximum Gasteiger partial charge on any atom is 0.235 e. The third kappa shape index (κ3) is 1.32. The van der Waals surface area contributed by atoms with Gasteiger partial charge in [-0.1, -0.05) is 11.6 Å². The molecule has 0 spiro atoms. The zero-order valence-electron chi connectivity index (χ0n) is 6.12. The lowest BCUT2D eigenvalue weighted by molar-refractivity contribution is 0.554. The van der Waals surface area contributed by atoms with E-state index in [2.05, 4.69) is 0 Å². The Morgan fingerprint density at radius 3 is 2.58 bits per heavy atom. The fourth-order valence-corrected chi connectivity index (χ4v) is 0.995. The van der Waals surface area contributed by atoms with Crippen LogP contribution < -0.4 is 0 Å². The summed E-state index contributed by atoms with van der Waals surface area (Å²) in [6.07, 6.45) is 1.34. The number of halogens is 3. The molecule has 1 nitrogen and oxygen atoms in total. The molecule has 4 heteroatoms. The van der Waals surface area contributed by atoms with Crippen molar-refractivity contribution in [2.24, 2.45) is 0 Å². The monoisotopic (exact) mass is 189 g/mol. The van der Waals surface area contributed by atoms with Crippen LogP contribution in [0.5, 0.6) is 0 Å². The highest BCUT2D eigenvalue weighted by Gasteiger charge is 2.13. The van der Waals surface area contributed by atoms with Crippen LogP contribution in [0.1, 0.15) is 11.1 Å². The molecular formula is C8H4ClF2O. The van der Waals surface area contributed by atoms with Gasteiger partial charge in [0.15, 0.2) is 0 Å². The zero-order valence-corrected chi connectivity index (χ0v) is 6.88. The van der Waals surface area contributed by atoms with Crippen LogP contribution in [0.3, 0.4) is 0 Å². The van der Waals surface area contributed by atoms with Gasteiger partial charge in [0.1, 0.15) is 11.6 Å². The molecule has 0 amide bonds. The van der Waals surface area contributed by atoms with E-state index >= 15 is 0 Å². The second-order valence-electron chi connectivity index (χ2n) is 2.26. The van der Waals surface area contributed by atoms with E-state index in [1.165, 1.54) is 13.2 Å². The SMILES string of the molecule is Cc1c(F)cc([C]=O)c(Cl)c1F. The van der Waals surface area contributed by atoms with Crippen molar-refractivity contribution in [3.05, 3.63) is 33.9 Å². The van der Waals surface area contributed by atoms with E-state index in [0.29, 0.717) is 0 Å². The fourth-order valence-electron chi connectivity index (χ4n) is 0.760. The van der Waals surface area contributed by atoms with Gasteiger partial charge in [-0.15, -0.1) is 0 Å². The van der Waals surface area contributed by atoms with E-state index in [4.69, 9.17) is 11.6 Å². The fraction of sp³-hybridized carbons (Fsp3) is 0.125. The van der Waals surface area contributed by atoms with Crippen molar-refractivity contribution in [1.29, 1.82) is 0 Å². The van der Waals surface area contributed by atoms with E-state index in [1.54, 1.807) is 0 Å². The molecule has 0 saturated heterocycles. The van der Waals surface area contributed by atoms with E-state index in [9.17, 15) is 13.6 Å². The average Bonchev–Trinajstić information content (AvgIpc) is 2.08. The molecule has 0 bridgehead atoms. The van der Waals surface area contributed by atoms with Gasteiger partial charge in [0, 0.05) is 5.56 Å². The molecule has 0 aliphatic heterocycles. The predicted molar refractivity (Wildman–Crippen MR) is 40.9 cm³/mol. The largest absolute Gasteiger partial charge is 0.285 e. The maximum absolute atomic E-state index is 12.9. The summed E-state index contributed by atoms with van der Waals surface area (Å²) < 4.78 is 25.6. The van der Waals surface area contributed by atoms with Gasteiger partial charge in [-0.3, -0.25) is 4.79 Å². The first-order valence-electron chi connectivity index (χ1n) is 3.10. The predicted octanol–water partition coefficient (Wildman–Crippen LogP) is 2.38. The lowest BCUT2D eigenvalue weighted by atomic mass is 10.1. The van der Waals surface area contributed by atoms with Crippen LogP contribution in [0.4, 0.5) is 8.78 Å². The summed E-state index contributed by atoms with van der Waals surface area (Å²) in [4.78, 5) is 10.1. The summed E-state index contributed by atoms with van der Waals surface area (Å²) in [6, 6.07) is 0.855. The van der Waals surface area contributed by atoms with Crippen molar-refractivity contribution < 1.29 is 13.6 Å². The lowest BCUT2D eigenvalue weighted by Gasteiger charge is -2.01. The second kappa shape index (κ2) is 3.19. The third-order valence-corrected chi connectivity index (χ3v) is 1.87. The summed E-state index contributed by atoms with van der Waals surface area (Å²) >= 11 is 5.37. The van der Waals surface area contributed by atoms with Crippen LogP contribution in [0.2, 0.25) is 5.02 Å². The first-order chi connectivity index (χ1) is 5.57. The van der Waals surface area contributed by atoms with Crippen molar-refractivity contribution in [2.75, 3.05) is 0 Å². The molecular weight excluding hydrogens is 186 g/mol. The van der Waals surface area contributed by atoms with Gasteiger partial charge in [0.25, 0.3) is 0 Å². The van der Waals surface area contributed by atoms with Crippen molar-refractivity contribution in [2.45, 2.75) is 6.92 Å². The van der Waals surface area contributed by atoms with Gasteiger partial charge < -0.3 is 0 Å². The van der Waals surface area contributed by atoms with E-state index < -0.39 is 11.6 Å². The Morgan fingerprint density at radius 1 is 1.50 bits per heavy atom. The number of hydrogen-bond acceptors (Lipinski definition) is 1. The van der Waals surface area contributed by atoms with Gasteiger partial charge in [0.2, 0.25) is 6.29 Å². The van der Waals surface area contributed by atoms with E-state index in [1.807, 2.05) is 0 Å². The quantitative estimate of drug-likeness (QED) is 0.620. The minimum Gasteiger partial charge on any atom is -0.285 e. The molecule has 1 rings (SSSR count). The molecule has 1 aromatic carbocycles. The van der Waals surface area contributed by atoms with Crippen LogP contribution in [-0.4, -0.2) is 6.29 Å². The van der Waals surface area contributed by atoms with Crippen LogP contribution in [0.15, 0.2) is 6.07 Å². The molecule has 63 valence electrons. The number of hydrogen-bond donors (Lipinski definition) is 0. The highest BCUT2D eigenvalue weighted by molar-refractivity contribution is 6.33. The summed E-state index contributed by atoms with van der Waals surface area (Å²) in [7, 11) is 0. The molecule has 0 fully saturated rings. The standard InChI is InChI=1S/C8H4ClF2O/c1-4-6(10)2-5(3-12)7(9)8(4)11/h2H,1H3. The smallest absolute Gasteiger partial charge is 0.235 e. The Morgan fingerprint density at radius 2 is 2.08 bits per heavy atom. The molecule has 0 unspecified atom stereocenters. The van der Waals surface area contributed by atoms with E-state index in [-0.39, 0.29) is 16.1 Å². The molecule has 0 N–H and O–H groups in total. The van der Waals surface area contributed by atoms with Crippen LogP contribution >= 0.6 is 11.6 Å². The maximum atomic E-state index is 12.9. The Bertz CT molecular complexity index is 336. The molecule has 0 aliphatic carbocycles. The number of rotatable bonds is 1. The second-order valence-corrected chi connectivity index (χ2v) is 2.64. The zero-order chi connectivity index (χ0) is 9.30. The number of carbonyl (C=O) groups excluding carboxylic acids is 1. The van der Waals surface area contributed by atoms with Gasteiger partial charge in [-0.05, 0) is 13.0 Å². The van der Waals surface area contributed by atoms with Crippen LogP contribution in [0, 0.1) is 18.6 Å². The molecule has 1 aromatic rings. The van der Waals surface area contributed by atoms with Crippen molar-refractivity contribution >= 4 is 17.9 Å². The number of benzene rings is 1. The third-order valence-electron chi connectivity index (χ3n) is 1.50. The highest BCUT2D eigenvalue weighted by Crippen LogP contribution is 2.23. The Balaban J connectivity index is 3.49. The lowest BCUT2D eigenvalue weighted by Crippen LogP contribution is -1.95. The summed E-state index contributed by atoms with van der Waals surface area (Å²) in [6.45, 7) is 1.24. The van der Waals surface area contributed by atoms with Crippen LogP contribution in [-0.2, 0) is 4.79 Å². The summed E-state index contributed by atoms with van der Waals surface area (Å²) in [5.41, 5.74) is -0.490. The topological polar surface area (TPSA) is 17.1 Å². The summed E-state index contributed by atoms with van der Waals surface area (Å²) in [5, 5.41) is -0.385. The molecule has 12 heavy (non-hydrogen) atoms. The average molecular weight is 190 g/mol. The Hall–Kier alpha value is -0.960.